The van der Waals surface area contributed by atoms with Crippen molar-refractivity contribution in [2.45, 2.75) is 31.3 Å². The maximum absolute atomic E-state index is 11.2. The van der Waals surface area contributed by atoms with Gasteiger partial charge in [-0.2, -0.15) is 4.98 Å². The zero-order valence-electron chi connectivity index (χ0n) is 10.1. The number of aromatic nitrogens is 2. The summed E-state index contributed by atoms with van der Waals surface area (Å²) in [4.78, 5) is 16.4. The first-order chi connectivity index (χ1) is 9.20. The summed E-state index contributed by atoms with van der Waals surface area (Å²) >= 11 is 1.53. The fourth-order valence-electron chi connectivity index (χ4n) is 2.07. The minimum absolute atomic E-state index is 0.282. The molecule has 1 saturated carbocycles. The molecule has 1 aliphatic carbocycles. The van der Waals surface area contributed by atoms with Gasteiger partial charge in [-0.3, -0.25) is 10.1 Å². The first-order valence-electron chi connectivity index (χ1n) is 6.04. The van der Waals surface area contributed by atoms with E-state index in [1.54, 1.807) is 0 Å². The van der Waals surface area contributed by atoms with Crippen molar-refractivity contribution in [3.63, 3.8) is 0 Å². The molecule has 7 heteroatoms. The van der Waals surface area contributed by atoms with Crippen LogP contribution in [0.1, 0.15) is 25.2 Å². The van der Waals surface area contributed by atoms with Crippen molar-refractivity contribution >= 4 is 17.3 Å². The van der Waals surface area contributed by atoms with Crippen molar-refractivity contribution in [2.24, 2.45) is 0 Å². The van der Waals surface area contributed by atoms with Crippen LogP contribution in [0.4, 0.5) is 0 Å². The minimum atomic E-state index is -0.809. The number of rotatable bonds is 5. The Labute approximate surface area is 113 Å². The third-order valence-electron chi connectivity index (χ3n) is 3.40. The van der Waals surface area contributed by atoms with E-state index in [-0.39, 0.29) is 6.54 Å². The average Bonchev–Trinajstić information content (AvgIpc) is 2.97. The molecule has 2 aromatic rings. The third-order valence-corrected chi connectivity index (χ3v) is 4.27. The molecule has 0 bridgehead atoms. The molecule has 0 saturated heterocycles. The van der Waals surface area contributed by atoms with Crippen molar-refractivity contribution in [3.05, 3.63) is 23.4 Å². The van der Waals surface area contributed by atoms with Gasteiger partial charge >= 0.3 is 5.97 Å². The first kappa shape index (κ1) is 12.3. The Balaban J connectivity index is 1.66. The van der Waals surface area contributed by atoms with Crippen molar-refractivity contribution in [3.8, 4) is 10.7 Å². The fourth-order valence-corrected chi connectivity index (χ4v) is 2.72. The Bertz CT molecular complexity index is 575. The summed E-state index contributed by atoms with van der Waals surface area (Å²) in [7, 11) is 0. The second kappa shape index (κ2) is 4.75. The van der Waals surface area contributed by atoms with Gasteiger partial charge in [-0.15, -0.1) is 11.3 Å². The summed E-state index contributed by atoms with van der Waals surface area (Å²) in [5.41, 5.74) is -0.808. The number of carbonyl (C=O) groups is 1. The molecule has 0 radical (unpaired) electrons. The monoisotopic (exact) mass is 279 g/mol. The number of hydrogen-bond donors (Lipinski definition) is 2. The van der Waals surface area contributed by atoms with Gasteiger partial charge in [-0.25, -0.2) is 0 Å². The number of aliphatic carboxylic acids is 1. The number of nitrogens with zero attached hydrogens (tertiary/aromatic N) is 2. The SMILES string of the molecule is O=C(O)C1(NCc2nc(-c3cccs3)no2)CCC1. The summed E-state index contributed by atoms with van der Waals surface area (Å²) in [5.74, 6) is 0.150. The van der Waals surface area contributed by atoms with Crippen LogP contribution in [0.2, 0.25) is 0 Å². The van der Waals surface area contributed by atoms with Gasteiger partial charge in [0, 0.05) is 0 Å². The molecule has 0 unspecified atom stereocenters. The number of carboxylic acids is 1. The topological polar surface area (TPSA) is 88.2 Å². The minimum Gasteiger partial charge on any atom is -0.480 e. The van der Waals surface area contributed by atoms with Crippen LogP contribution < -0.4 is 5.32 Å². The summed E-state index contributed by atoms with van der Waals surface area (Å²) in [6, 6.07) is 3.83. The zero-order valence-corrected chi connectivity index (χ0v) is 10.9. The lowest BCUT2D eigenvalue weighted by molar-refractivity contribution is -0.149. The molecule has 2 aromatic heterocycles. The predicted molar refractivity (Wildman–Crippen MR) is 68.7 cm³/mol. The van der Waals surface area contributed by atoms with Gasteiger partial charge in [0.25, 0.3) is 0 Å². The Morgan fingerprint density at radius 1 is 1.58 bits per heavy atom. The van der Waals surface area contributed by atoms with E-state index < -0.39 is 11.5 Å². The molecule has 0 spiro atoms. The van der Waals surface area contributed by atoms with Crippen molar-refractivity contribution < 1.29 is 14.4 Å². The van der Waals surface area contributed by atoms with Crippen molar-refractivity contribution in [1.29, 1.82) is 0 Å². The lowest BCUT2D eigenvalue weighted by Crippen LogP contribution is -2.56. The summed E-state index contributed by atoms with van der Waals surface area (Å²) in [5, 5.41) is 18.0. The highest BCUT2D eigenvalue weighted by Crippen LogP contribution is 2.32. The van der Waals surface area contributed by atoms with Crippen LogP contribution in [0, 0.1) is 0 Å². The molecule has 100 valence electrons. The van der Waals surface area contributed by atoms with Gasteiger partial charge in [0.15, 0.2) is 0 Å². The quantitative estimate of drug-likeness (QED) is 0.869. The molecule has 1 fully saturated rings. The molecule has 19 heavy (non-hydrogen) atoms. The molecule has 0 atom stereocenters. The Morgan fingerprint density at radius 2 is 2.42 bits per heavy atom. The summed E-state index contributed by atoms with van der Waals surface area (Å²) in [6.07, 6.45) is 2.23. The summed E-state index contributed by atoms with van der Waals surface area (Å²) < 4.78 is 5.12. The molecule has 6 nitrogen and oxygen atoms in total. The highest BCUT2D eigenvalue weighted by molar-refractivity contribution is 7.13. The van der Waals surface area contributed by atoms with E-state index in [2.05, 4.69) is 15.5 Å². The maximum atomic E-state index is 11.2. The lowest BCUT2D eigenvalue weighted by atomic mass is 9.77. The number of thiophene rings is 1. The van der Waals surface area contributed by atoms with Crippen LogP contribution >= 0.6 is 11.3 Å². The fraction of sp³-hybridized carbons (Fsp3) is 0.417. The van der Waals surface area contributed by atoms with Crippen LogP contribution in [0.5, 0.6) is 0 Å². The molecular weight excluding hydrogens is 266 g/mol. The van der Waals surface area contributed by atoms with Gasteiger partial charge < -0.3 is 9.63 Å². The molecule has 0 aromatic carbocycles. The van der Waals surface area contributed by atoms with Crippen LogP contribution in [0.15, 0.2) is 22.0 Å². The Hall–Kier alpha value is -1.73. The second-order valence-corrected chi connectivity index (χ2v) is 5.53. The van der Waals surface area contributed by atoms with Crippen LogP contribution in [0.3, 0.4) is 0 Å². The van der Waals surface area contributed by atoms with E-state index in [1.807, 2.05) is 17.5 Å². The maximum Gasteiger partial charge on any atom is 0.323 e. The normalized spacial score (nSPS) is 17.1. The highest BCUT2D eigenvalue weighted by Gasteiger charge is 2.44. The van der Waals surface area contributed by atoms with E-state index >= 15 is 0 Å². The molecule has 3 rings (SSSR count). The Morgan fingerprint density at radius 3 is 3.00 bits per heavy atom. The van der Waals surface area contributed by atoms with Gasteiger partial charge in [0.2, 0.25) is 11.7 Å². The second-order valence-electron chi connectivity index (χ2n) is 4.58. The number of carboxylic acid groups (broad SMARTS) is 1. The molecule has 2 heterocycles. The highest BCUT2D eigenvalue weighted by atomic mass is 32.1. The average molecular weight is 279 g/mol. The van der Waals surface area contributed by atoms with E-state index in [9.17, 15) is 9.90 Å². The van der Waals surface area contributed by atoms with E-state index in [0.29, 0.717) is 24.6 Å². The predicted octanol–water partition coefficient (Wildman–Crippen LogP) is 1.89. The van der Waals surface area contributed by atoms with Gasteiger partial charge in [0.1, 0.15) is 5.54 Å². The molecule has 0 aliphatic heterocycles. The standard InChI is InChI=1S/C12H13N3O3S/c16-11(17)12(4-2-5-12)13-7-9-14-10(15-18-9)8-3-1-6-19-8/h1,3,6,13H,2,4-5,7H2,(H,16,17). The van der Waals surface area contributed by atoms with Crippen LogP contribution in [-0.4, -0.2) is 26.8 Å². The van der Waals surface area contributed by atoms with Crippen LogP contribution in [0.25, 0.3) is 10.7 Å². The van der Waals surface area contributed by atoms with E-state index in [0.717, 1.165) is 11.3 Å². The van der Waals surface area contributed by atoms with Gasteiger partial charge in [-0.1, -0.05) is 11.2 Å². The molecule has 2 N–H and O–H groups in total. The first-order valence-corrected chi connectivity index (χ1v) is 6.92. The number of hydrogen-bond acceptors (Lipinski definition) is 6. The molecular formula is C12H13N3O3S. The van der Waals surface area contributed by atoms with Crippen LogP contribution in [-0.2, 0) is 11.3 Å². The molecule has 1 aliphatic rings. The summed E-state index contributed by atoms with van der Waals surface area (Å²) in [6.45, 7) is 0.282. The van der Waals surface area contributed by atoms with Crippen molar-refractivity contribution in [2.75, 3.05) is 0 Å². The molecule has 0 amide bonds. The lowest BCUT2D eigenvalue weighted by Gasteiger charge is -2.38. The Kier molecular flexibility index (Phi) is 3.08. The van der Waals surface area contributed by atoms with E-state index in [1.165, 1.54) is 11.3 Å². The largest absolute Gasteiger partial charge is 0.480 e. The third kappa shape index (κ3) is 2.26. The van der Waals surface area contributed by atoms with Crippen molar-refractivity contribution in [1.82, 2.24) is 15.5 Å². The van der Waals surface area contributed by atoms with E-state index in [4.69, 9.17) is 4.52 Å². The number of nitrogens with one attached hydrogen (secondary N) is 1. The van der Waals surface area contributed by atoms with Gasteiger partial charge in [0.05, 0.1) is 11.4 Å². The van der Waals surface area contributed by atoms with Gasteiger partial charge in [-0.05, 0) is 30.7 Å². The smallest absolute Gasteiger partial charge is 0.323 e. The zero-order chi connectivity index (χ0) is 13.3.